The molecule has 0 aliphatic heterocycles. The maximum Gasteiger partial charge on any atom is 0.262 e. The van der Waals surface area contributed by atoms with Gasteiger partial charge in [-0.15, -0.1) is 0 Å². The van der Waals surface area contributed by atoms with Gasteiger partial charge in [0.15, 0.2) is 11.5 Å². The number of nitrogens with zero attached hydrogens (tertiary/aromatic N) is 1. The van der Waals surface area contributed by atoms with Crippen molar-refractivity contribution in [2.24, 2.45) is 0 Å². The molecule has 25 heavy (non-hydrogen) atoms. The lowest BCUT2D eigenvalue weighted by molar-refractivity contribution is -0.117. The second-order valence-corrected chi connectivity index (χ2v) is 6.80. The second kappa shape index (κ2) is 9.47. The van der Waals surface area contributed by atoms with Crippen molar-refractivity contribution < 1.29 is 14.3 Å². The van der Waals surface area contributed by atoms with Gasteiger partial charge in [0, 0.05) is 6.04 Å². The summed E-state index contributed by atoms with van der Waals surface area (Å²) in [6, 6.07) is 5.72. The number of hydrogen-bond acceptors (Lipinski definition) is 4. The molecule has 0 atom stereocenters. The van der Waals surface area contributed by atoms with Gasteiger partial charge in [0.05, 0.1) is 18.2 Å². The second-order valence-electron chi connectivity index (χ2n) is 5.95. The van der Waals surface area contributed by atoms with Crippen LogP contribution in [0.15, 0.2) is 22.2 Å². The molecule has 2 rings (SSSR count). The molecule has 1 amide bonds. The number of halogens is 1. The fraction of sp³-hybridized carbons (Fsp3) is 0.474. The van der Waals surface area contributed by atoms with Crippen LogP contribution in [-0.2, 0) is 4.79 Å². The molecule has 1 aromatic carbocycles. The third-order valence-corrected chi connectivity index (χ3v) is 4.75. The van der Waals surface area contributed by atoms with Gasteiger partial charge in [-0.2, -0.15) is 5.26 Å². The lowest BCUT2D eigenvalue weighted by Crippen LogP contribution is -2.36. The Morgan fingerprint density at radius 2 is 2.12 bits per heavy atom. The fourth-order valence-corrected chi connectivity index (χ4v) is 3.51. The number of nitriles is 1. The highest BCUT2D eigenvalue weighted by atomic mass is 79.9. The van der Waals surface area contributed by atoms with Gasteiger partial charge in [-0.3, -0.25) is 4.79 Å². The zero-order valence-electron chi connectivity index (χ0n) is 14.6. The molecule has 1 saturated carbocycles. The first-order chi connectivity index (χ1) is 12.1. The summed E-state index contributed by atoms with van der Waals surface area (Å²) in [4.78, 5) is 12.4. The predicted octanol–water partition coefficient (Wildman–Crippen LogP) is 4.21. The van der Waals surface area contributed by atoms with Crippen molar-refractivity contribution in [3.8, 4) is 17.6 Å². The van der Waals surface area contributed by atoms with E-state index in [2.05, 4.69) is 21.2 Å². The van der Waals surface area contributed by atoms with Gasteiger partial charge in [-0.05, 0) is 59.5 Å². The van der Waals surface area contributed by atoms with Gasteiger partial charge in [0.1, 0.15) is 11.6 Å². The molecule has 0 aromatic heterocycles. The molecule has 5 nitrogen and oxygen atoms in total. The molecule has 0 heterocycles. The number of hydrogen-bond donors (Lipinski definition) is 1. The van der Waals surface area contributed by atoms with Crippen LogP contribution in [0.25, 0.3) is 6.08 Å². The number of ether oxygens (including phenoxy) is 2. The van der Waals surface area contributed by atoms with Gasteiger partial charge < -0.3 is 14.8 Å². The zero-order chi connectivity index (χ0) is 18.2. The molecule has 134 valence electrons. The molecule has 1 N–H and O–H groups in total. The normalized spacial score (nSPS) is 15.4. The minimum absolute atomic E-state index is 0.0867. The molecule has 0 saturated heterocycles. The van der Waals surface area contributed by atoms with Gasteiger partial charge in [0.25, 0.3) is 5.91 Å². The number of rotatable bonds is 6. The molecular formula is C19H23BrN2O3. The van der Waals surface area contributed by atoms with Gasteiger partial charge in [-0.1, -0.05) is 19.3 Å². The Balaban J connectivity index is 2.22. The van der Waals surface area contributed by atoms with Crippen LogP contribution in [0.3, 0.4) is 0 Å². The lowest BCUT2D eigenvalue weighted by Gasteiger charge is -2.22. The van der Waals surface area contributed by atoms with E-state index in [1.807, 2.05) is 13.0 Å². The predicted molar refractivity (Wildman–Crippen MR) is 100 cm³/mol. The maximum atomic E-state index is 12.4. The Bertz CT molecular complexity index is 689. The van der Waals surface area contributed by atoms with Gasteiger partial charge in [-0.25, -0.2) is 0 Å². The summed E-state index contributed by atoms with van der Waals surface area (Å²) in [5.74, 6) is 0.832. The molecule has 0 radical (unpaired) electrons. The van der Waals surface area contributed by atoms with Crippen molar-refractivity contribution in [1.82, 2.24) is 5.32 Å². The molecule has 6 heteroatoms. The van der Waals surface area contributed by atoms with Crippen molar-refractivity contribution in [3.05, 3.63) is 27.7 Å². The summed E-state index contributed by atoms with van der Waals surface area (Å²) in [5, 5.41) is 12.3. The summed E-state index contributed by atoms with van der Waals surface area (Å²) in [6.45, 7) is 2.40. The van der Waals surface area contributed by atoms with Gasteiger partial charge in [0.2, 0.25) is 0 Å². The number of carbonyl (C=O) groups is 1. The summed E-state index contributed by atoms with van der Waals surface area (Å²) in [5.41, 5.74) is 0.784. The Kier molecular flexibility index (Phi) is 7.32. The van der Waals surface area contributed by atoms with Crippen LogP contribution in [0.1, 0.15) is 44.6 Å². The molecular weight excluding hydrogens is 384 g/mol. The van der Waals surface area contributed by atoms with Crippen LogP contribution in [0.5, 0.6) is 11.5 Å². The van der Waals surface area contributed by atoms with E-state index < -0.39 is 0 Å². The van der Waals surface area contributed by atoms with E-state index >= 15 is 0 Å². The average molecular weight is 407 g/mol. The van der Waals surface area contributed by atoms with E-state index in [1.54, 1.807) is 25.3 Å². The summed E-state index contributed by atoms with van der Waals surface area (Å²) < 4.78 is 11.6. The van der Waals surface area contributed by atoms with Crippen molar-refractivity contribution in [1.29, 1.82) is 5.26 Å². The first-order valence-electron chi connectivity index (χ1n) is 8.52. The minimum atomic E-state index is -0.321. The highest BCUT2D eigenvalue weighted by molar-refractivity contribution is 9.10. The minimum Gasteiger partial charge on any atom is -0.493 e. The average Bonchev–Trinajstić information content (AvgIpc) is 2.62. The zero-order valence-corrected chi connectivity index (χ0v) is 16.2. The third kappa shape index (κ3) is 5.23. The van der Waals surface area contributed by atoms with Crippen molar-refractivity contribution >= 4 is 27.9 Å². The molecule has 1 aliphatic carbocycles. The molecule has 0 unspecified atom stereocenters. The Morgan fingerprint density at radius 1 is 1.40 bits per heavy atom. The largest absolute Gasteiger partial charge is 0.493 e. The standard InChI is InChI=1S/C19H23BrN2O3/c1-3-25-18-16(20)10-13(11-17(18)24-2)9-14(12-21)19(23)22-15-7-5-4-6-8-15/h9-11,15H,3-8H2,1-2H3,(H,22,23)/b14-9-. The molecule has 1 aliphatic rings. The van der Waals surface area contributed by atoms with E-state index in [9.17, 15) is 10.1 Å². The van der Waals surface area contributed by atoms with E-state index in [1.165, 1.54) is 6.42 Å². The number of carbonyl (C=O) groups excluding carboxylic acids is 1. The van der Waals surface area contributed by atoms with Crippen molar-refractivity contribution in [3.63, 3.8) is 0 Å². The van der Waals surface area contributed by atoms with Crippen molar-refractivity contribution in [2.45, 2.75) is 45.1 Å². The molecule has 1 fully saturated rings. The first kappa shape index (κ1) is 19.3. The SMILES string of the molecule is CCOc1c(Br)cc(/C=C(/C#N)C(=O)NC2CCCCC2)cc1OC. The van der Waals surface area contributed by atoms with Crippen LogP contribution < -0.4 is 14.8 Å². The number of amides is 1. The number of methoxy groups -OCH3 is 1. The van der Waals surface area contributed by atoms with Crippen LogP contribution >= 0.6 is 15.9 Å². The number of nitrogens with one attached hydrogen (secondary N) is 1. The smallest absolute Gasteiger partial charge is 0.262 e. The first-order valence-corrected chi connectivity index (χ1v) is 9.31. The molecule has 1 aromatic rings. The monoisotopic (exact) mass is 406 g/mol. The van der Waals surface area contributed by atoms with Crippen LogP contribution in [0, 0.1) is 11.3 Å². The Labute approximate surface area is 157 Å². The van der Waals surface area contributed by atoms with E-state index in [-0.39, 0.29) is 17.5 Å². The molecule has 0 bridgehead atoms. The van der Waals surface area contributed by atoms with E-state index in [0.717, 1.165) is 25.7 Å². The van der Waals surface area contributed by atoms with Crippen LogP contribution in [0.2, 0.25) is 0 Å². The topological polar surface area (TPSA) is 71.3 Å². The van der Waals surface area contributed by atoms with Gasteiger partial charge >= 0.3 is 0 Å². The van der Waals surface area contributed by atoms with Crippen LogP contribution in [0.4, 0.5) is 0 Å². The van der Waals surface area contributed by atoms with Crippen LogP contribution in [-0.4, -0.2) is 25.7 Å². The Morgan fingerprint density at radius 3 is 2.72 bits per heavy atom. The maximum absolute atomic E-state index is 12.4. The summed E-state index contributed by atoms with van der Waals surface area (Å²) >= 11 is 3.45. The number of benzene rings is 1. The fourth-order valence-electron chi connectivity index (χ4n) is 2.93. The summed E-state index contributed by atoms with van der Waals surface area (Å²) in [6.07, 6.45) is 6.99. The summed E-state index contributed by atoms with van der Waals surface area (Å²) in [7, 11) is 1.55. The molecule has 0 spiro atoms. The van der Waals surface area contributed by atoms with E-state index in [0.29, 0.717) is 28.1 Å². The quantitative estimate of drug-likeness (QED) is 0.567. The highest BCUT2D eigenvalue weighted by Crippen LogP contribution is 2.37. The highest BCUT2D eigenvalue weighted by Gasteiger charge is 2.18. The third-order valence-electron chi connectivity index (χ3n) is 4.16. The van der Waals surface area contributed by atoms with E-state index in [4.69, 9.17) is 9.47 Å². The lowest BCUT2D eigenvalue weighted by atomic mass is 9.95. The van der Waals surface area contributed by atoms with Crippen molar-refractivity contribution in [2.75, 3.05) is 13.7 Å². The Hall–Kier alpha value is -2.00.